The molecule has 0 bridgehead atoms. The van der Waals surface area contributed by atoms with Gasteiger partial charge in [0.1, 0.15) is 0 Å². The summed E-state index contributed by atoms with van der Waals surface area (Å²) in [5.74, 6) is 5.53. The van der Waals surface area contributed by atoms with Crippen LogP contribution in [0.1, 0.15) is 150 Å². The molecule has 4 saturated carbocycles. The average Bonchev–Trinajstić information content (AvgIpc) is 3.31. The molecule has 0 heterocycles. The minimum absolute atomic E-state index is 0.0947. The fraction of sp³-hybridized carbons (Fsp3) is 1.00. The highest BCUT2D eigenvalue weighted by Gasteiger charge is 2.62. The normalized spacial score (nSPS) is 38.7. The molecule has 4 aliphatic rings. The molecule has 0 aromatic heterocycles. The minimum Gasteiger partial charge on any atom is -0.393 e. The van der Waals surface area contributed by atoms with Crippen molar-refractivity contribution >= 4 is 0 Å². The van der Waals surface area contributed by atoms with Crippen molar-refractivity contribution in [1.29, 1.82) is 0 Å². The van der Waals surface area contributed by atoms with E-state index in [2.05, 4.69) is 45.3 Å². The van der Waals surface area contributed by atoms with Gasteiger partial charge in [-0.25, -0.2) is 0 Å². The lowest BCUT2D eigenvalue weighted by molar-refractivity contribution is -0.162. The molecular formula is C38H73N3O. The second-order valence-electron chi connectivity index (χ2n) is 16.8. The quantitative estimate of drug-likeness (QED) is 0.122. The van der Waals surface area contributed by atoms with Gasteiger partial charge in [0, 0.05) is 6.04 Å². The number of nitrogens with two attached hydrogens (primary N) is 1. The minimum atomic E-state index is -0.0947. The zero-order chi connectivity index (χ0) is 30.2. The third-order valence-corrected chi connectivity index (χ3v) is 13.7. The molecule has 42 heavy (non-hydrogen) atoms. The summed E-state index contributed by atoms with van der Waals surface area (Å²) in [4.78, 5) is 0. The molecule has 0 spiro atoms. The van der Waals surface area contributed by atoms with Crippen LogP contribution in [0.15, 0.2) is 0 Å². The zero-order valence-corrected chi connectivity index (χ0v) is 28.8. The molecule has 246 valence electrons. The maximum absolute atomic E-state index is 11.7. The molecule has 4 rings (SSSR count). The number of rotatable bonds is 18. The van der Waals surface area contributed by atoms with Crippen molar-refractivity contribution in [3.05, 3.63) is 0 Å². The van der Waals surface area contributed by atoms with E-state index in [9.17, 15) is 5.11 Å². The van der Waals surface area contributed by atoms with Gasteiger partial charge in [-0.1, -0.05) is 79.6 Å². The third kappa shape index (κ3) is 8.35. The van der Waals surface area contributed by atoms with Gasteiger partial charge < -0.3 is 21.5 Å². The predicted octanol–water partition coefficient (Wildman–Crippen LogP) is 8.32. The SMILES string of the molecule is CC(C)CCC[C@@H](C)[C@H]1CCC2C3C[C@@H](O)[C@H]4C[C@H](NCCCNCCCCCCCCN)CC[C@]4(C)C3CC[C@@]21C. The third-order valence-electron chi connectivity index (χ3n) is 13.7. The molecule has 0 amide bonds. The van der Waals surface area contributed by atoms with Crippen LogP contribution in [-0.4, -0.2) is 43.4 Å². The zero-order valence-electron chi connectivity index (χ0n) is 28.8. The van der Waals surface area contributed by atoms with E-state index in [4.69, 9.17) is 5.73 Å². The molecule has 10 atom stereocenters. The first-order chi connectivity index (χ1) is 20.2. The topological polar surface area (TPSA) is 70.3 Å². The molecule has 4 nitrogen and oxygen atoms in total. The van der Waals surface area contributed by atoms with Gasteiger partial charge in [0.05, 0.1) is 6.10 Å². The molecule has 0 radical (unpaired) electrons. The molecule has 0 aromatic rings. The van der Waals surface area contributed by atoms with Gasteiger partial charge in [-0.2, -0.15) is 0 Å². The Morgan fingerprint density at radius 3 is 2.17 bits per heavy atom. The molecule has 3 unspecified atom stereocenters. The van der Waals surface area contributed by atoms with Gasteiger partial charge in [-0.15, -0.1) is 0 Å². The van der Waals surface area contributed by atoms with Gasteiger partial charge in [-0.05, 0) is 149 Å². The number of hydrogen-bond acceptors (Lipinski definition) is 4. The van der Waals surface area contributed by atoms with E-state index in [1.165, 1.54) is 109 Å². The first-order valence-corrected chi connectivity index (χ1v) is 19.0. The van der Waals surface area contributed by atoms with Crippen LogP contribution >= 0.6 is 0 Å². The van der Waals surface area contributed by atoms with Gasteiger partial charge in [0.2, 0.25) is 0 Å². The van der Waals surface area contributed by atoms with Gasteiger partial charge >= 0.3 is 0 Å². The number of nitrogens with one attached hydrogen (secondary N) is 2. The lowest BCUT2D eigenvalue weighted by Crippen LogP contribution is -2.59. The van der Waals surface area contributed by atoms with Crippen LogP contribution in [0, 0.1) is 52.3 Å². The van der Waals surface area contributed by atoms with Crippen LogP contribution in [0.4, 0.5) is 0 Å². The van der Waals surface area contributed by atoms with Crippen LogP contribution in [0.2, 0.25) is 0 Å². The maximum atomic E-state index is 11.7. The highest BCUT2D eigenvalue weighted by molar-refractivity contribution is 5.11. The Morgan fingerprint density at radius 1 is 0.714 bits per heavy atom. The maximum Gasteiger partial charge on any atom is 0.0577 e. The average molecular weight is 588 g/mol. The van der Waals surface area contributed by atoms with Crippen molar-refractivity contribution in [2.75, 3.05) is 26.2 Å². The van der Waals surface area contributed by atoms with Gasteiger partial charge in [-0.3, -0.25) is 0 Å². The highest BCUT2D eigenvalue weighted by atomic mass is 16.3. The number of unbranched alkanes of at least 4 members (excludes halogenated alkanes) is 5. The first kappa shape index (κ1) is 34.7. The summed E-state index contributed by atoms with van der Waals surface area (Å²) in [7, 11) is 0. The lowest BCUT2D eigenvalue weighted by atomic mass is 9.43. The van der Waals surface area contributed by atoms with Crippen molar-refractivity contribution in [1.82, 2.24) is 10.6 Å². The monoisotopic (exact) mass is 588 g/mol. The lowest BCUT2D eigenvalue weighted by Gasteiger charge is -2.62. The van der Waals surface area contributed by atoms with E-state index in [0.29, 0.717) is 22.8 Å². The second kappa shape index (κ2) is 16.4. The molecule has 0 aliphatic heterocycles. The Balaban J connectivity index is 1.19. The van der Waals surface area contributed by atoms with Crippen molar-refractivity contribution in [3.8, 4) is 0 Å². The van der Waals surface area contributed by atoms with Crippen LogP contribution < -0.4 is 16.4 Å². The van der Waals surface area contributed by atoms with E-state index >= 15 is 0 Å². The van der Waals surface area contributed by atoms with Crippen LogP contribution in [0.3, 0.4) is 0 Å². The van der Waals surface area contributed by atoms with E-state index in [1.807, 2.05) is 0 Å². The molecular weight excluding hydrogens is 514 g/mol. The largest absolute Gasteiger partial charge is 0.393 e. The van der Waals surface area contributed by atoms with E-state index in [-0.39, 0.29) is 6.10 Å². The van der Waals surface area contributed by atoms with Crippen LogP contribution in [0.25, 0.3) is 0 Å². The Labute approximate surface area is 261 Å². The summed E-state index contributed by atoms with van der Waals surface area (Å²) in [6.45, 7) is 16.9. The van der Waals surface area contributed by atoms with Gasteiger partial charge in [0.15, 0.2) is 0 Å². The highest BCUT2D eigenvalue weighted by Crippen LogP contribution is 2.68. The summed E-state index contributed by atoms with van der Waals surface area (Å²) in [5, 5.41) is 19.3. The Morgan fingerprint density at radius 2 is 1.40 bits per heavy atom. The van der Waals surface area contributed by atoms with E-state index in [1.54, 1.807) is 0 Å². The molecule has 0 aromatic carbocycles. The molecule has 5 N–H and O–H groups in total. The summed E-state index contributed by atoms with van der Waals surface area (Å²) in [5.41, 5.74) is 6.44. The fourth-order valence-electron chi connectivity index (χ4n) is 11.3. The van der Waals surface area contributed by atoms with E-state index < -0.39 is 0 Å². The summed E-state index contributed by atoms with van der Waals surface area (Å²) in [6, 6.07) is 0.596. The first-order valence-electron chi connectivity index (χ1n) is 19.0. The Hall–Kier alpha value is -0.160. The fourth-order valence-corrected chi connectivity index (χ4v) is 11.3. The van der Waals surface area contributed by atoms with Gasteiger partial charge in [0.25, 0.3) is 0 Å². The van der Waals surface area contributed by atoms with Crippen LogP contribution in [0.5, 0.6) is 0 Å². The summed E-state index contributed by atoms with van der Waals surface area (Å²) < 4.78 is 0. The smallest absolute Gasteiger partial charge is 0.0577 e. The molecule has 4 aliphatic carbocycles. The second-order valence-corrected chi connectivity index (χ2v) is 16.8. The summed E-state index contributed by atoms with van der Waals surface area (Å²) >= 11 is 0. The van der Waals surface area contributed by atoms with Crippen LogP contribution in [-0.2, 0) is 0 Å². The Bertz CT molecular complexity index is 773. The predicted molar refractivity (Wildman–Crippen MR) is 180 cm³/mol. The molecule has 4 heteroatoms. The number of aliphatic hydroxyl groups excluding tert-OH is 1. The Kier molecular flexibility index (Phi) is 13.6. The molecule has 4 fully saturated rings. The van der Waals surface area contributed by atoms with Crippen molar-refractivity contribution in [3.63, 3.8) is 0 Å². The number of aliphatic hydroxyl groups is 1. The van der Waals surface area contributed by atoms with E-state index in [0.717, 1.165) is 68.1 Å². The number of hydrogen-bond donors (Lipinski definition) is 4. The number of fused-ring (bicyclic) bond motifs is 5. The van der Waals surface area contributed by atoms with Crippen molar-refractivity contribution < 1.29 is 5.11 Å². The molecule has 0 saturated heterocycles. The van der Waals surface area contributed by atoms with Crippen molar-refractivity contribution in [2.24, 2.45) is 58.0 Å². The standard InChI is InChI=1S/C38H73N3O/c1-28(2)14-12-15-29(3)32-16-17-33-31-27-36(42)35-26-30(18-20-38(35,5)34(31)19-21-37(32,33)4)41-25-13-24-40-23-11-9-7-6-8-10-22-39/h28-36,40-42H,6-27,39H2,1-5H3/t29-,30-,31?,32-,33?,34?,35-,36-,37-,38-/m1/s1. The van der Waals surface area contributed by atoms with Crippen molar-refractivity contribution in [2.45, 2.75) is 162 Å². The summed E-state index contributed by atoms with van der Waals surface area (Å²) in [6.07, 6.45) is 23.8.